The predicted octanol–water partition coefficient (Wildman–Crippen LogP) is 2.55. The van der Waals surface area contributed by atoms with Gasteiger partial charge < -0.3 is 0 Å². The monoisotopic (exact) mass is 180 g/mol. The minimum absolute atomic E-state index is 0.168. The van der Waals surface area contributed by atoms with Gasteiger partial charge in [-0.25, -0.2) is 0 Å². The van der Waals surface area contributed by atoms with Crippen LogP contribution in [0.25, 0.3) is 0 Å². The van der Waals surface area contributed by atoms with Crippen LogP contribution in [-0.4, -0.2) is 23.0 Å². The minimum atomic E-state index is 0.168. The van der Waals surface area contributed by atoms with Crippen molar-refractivity contribution in [1.29, 1.82) is 5.26 Å². The predicted molar refractivity (Wildman–Crippen MR) is 54.3 cm³/mol. The highest BCUT2D eigenvalue weighted by Gasteiger charge is 2.35. The van der Waals surface area contributed by atoms with E-state index in [-0.39, 0.29) is 11.6 Å². The summed E-state index contributed by atoms with van der Waals surface area (Å²) in [6.45, 7) is 7.82. The minimum Gasteiger partial charge on any atom is -0.283 e. The van der Waals surface area contributed by atoms with Gasteiger partial charge in [0, 0.05) is 12.1 Å². The molecular formula is C11H20N2. The molecule has 1 aliphatic rings. The molecule has 0 bridgehead atoms. The van der Waals surface area contributed by atoms with E-state index < -0.39 is 0 Å². The maximum atomic E-state index is 8.98. The van der Waals surface area contributed by atoms with Gasteiger partial charge in [0.15, 0.2) is 0 Å². The van der Waals surface area contributed by atoms with Gasteiger partial charge in [-0.15, -0.1) is 0 Å². The molecular weight excluding hydrogens is 160 g/mol. The molecule has 1 rings (SSSR count). The molecule has 2 heteroatoms. The highest BCUT2D eigenvalue weighted by atomic mass is 15.2. The number of hydrogen-bond donors (Lipinski definition) is 0. The van der Waals surface area contributed by atoms with Crippen LogP contribution < -0.4 is 0 Å². The maximum Gasteiger partial charge on any atom is 0.0982 e. The summed E-state index contributed by atoms with van der Waals surface area (Å²) in [5.41, 5.74) is 0.214. The Morgan fingerprint density at radius 1 is 1.54 bits per heavy atom. The van der Waals surface area contributed by atoms with Crippen LogP contribution in [0.4, 0.5) is 0 Å². The molecule has 0 aromatic rings. The van der Waals surface area contributed by atoms with Crippen molar-refractivity contribution in [2.45, 2.75) is 58.0 Å². The lowest BCUT2D eigenvalue weighted by molar-refractivity contribution is 0.118. The fraction of sp³-hybridized carbons (Fsp3) is 0.909. The summed E-state index contributed by atoms with van der Waals surface area (Å²) in [7, 11) is 0. The van der Waals surface area contributed by atoms with Crippen LogP contribution in [0.2, 0.25) is 0 Å². The first-order chi connectivity index (χ1) is 6.11. The maximum absolute atomic E-state index is 8.98. The third-order valence-corrected chi connectivity index (χ3v) is 3.04. The van der Waals surface area contributed by atoms with Crippen molar-refractivity contribution in [2.75, 3.05) is 6.54 Å². The highest BCUT2D eigenvalue weighted by Crippen LogP contribution is 2.29. The molecule has 1 saturated heterocycles. The van der Waals surface area contributed by atoms with E-state index in [1.807, 2.05) is 0 Å². The van der Waals surface area contributed by atoms with Gasteiger partial charge in [0.05, 0.1) is 12.1 Å². The second-order valence-electron chi connectivity index (χ2n) is 4.54. The van der Waals surface area contributed by atoms with E-state index in [9.17, 15) is 0 Å². The van der Waals surface area contributed by atoms with Crippen LogP contribution in [0, 0.1) is 11.3 Å². The second-order valence-corrected chi connectivity index (χ2v) is 4.54. The van der Waals surface area contributed by atoms with E-state index >= 15 is 0 Å². The number of nitrogens with zero attached hydrogens (tertiary/aromatic N) is 2. The fourth-order valence-corrected chi connectivity index (χ4v) is 2.38. The SMILES string of the molecule is CCCC(C)(C)N1CCCC1C#N. The molecule has 1 unspecified atom stereocenters. The first-order valence-corrected chi connectivity index (χ1v) is 5.28. The fourth-order valence-electron chi connectivity index (χ4n) is 2.38. The summed E-state index contributed by atoms with van der Waals surface area (Å²) in [6, 6.07) is 2.57. The third kappa shape index (κ3) is 2.22. The van der Waals surface area contributed by atoms with Crippen molar-refractivity contribution < 1.29 is 0 Å². The van der Waals surface area contributed by atoms with Gasteiger partial charge in [0.2, 0.25) is 0 Å². The lowest BCUT2D eigenvalue weighted by Crippen LogP contribution is -2.46. The lowest BCUT2D eigenvalue weighted by Gasteiger charge is -2.37. The number of hydrogen-bond acceptors (Lipinski definition) is 2. The van der Waals surface area contributed by atoms with Crippen molar-refractivity contribution in [2.24, 2.45) is 0 Å². The topological polar surface area (TPSA) is 27.0 Å². The van der Waals surface area contributed by atoms with E-state index in [1.165, 1.54) is 19.3 Å². The molecule has 0 saturated carbocycles. The molecule has 0 aromatic heterocycles. The molecule has 0 amide bonds. The first-order valence-electron chi connectivity index (χ1n) is 5.28. The smallest absolute Gasteiger partial charge is 0.0982 e. The van der Waals surface area contributed by atoms with Crippen LogP contribution >= 0.6 is 0 Å². The molecule has 0 N–H and O–H groups in total. The van der Waals surface area contributed by atoms with E-state index in [0.29, 0.717) is 0 Å². The Hall–Kier alpha value is -0.550. The zero-order valence-corrected chi connectivity index (χ0v) is 9.01. The molecule has 74 valence electrons. The molecule has 1 heterocycles. The Labute approximate surface area is 81.5 Å². The average Bonchev–Trinajstić information content (AvgIpc) is 2.51. The summed E-state index contributed by atoms with van der Waals surface area (Å²) < 4.78 is 0. The van der Waals surface area contributed by atoms with Gasteiger partial charge in [-0.05, 0) is 33.1 Å². The molecule has 0 aliphatic carbocycles. The van der Waals surface area contributed by atoms with Crippen LogP contribution in [0.3, 0.4) is 0 Å². The van der Waals surface area contributed by atoms with E-state index in [0.717, 1.165) is 13.0 Å². The van der Waals surface area contributed by atoms with E-state index in [4.69, 9.17) is 5.26 Å². The molecule has 2 nitrogen and oxygen atoms in total. The summed E-state index contributed by atoms with van der Waals surface area (Å²) in [4.78, 5) is 2.37. The number of likely N-dealkylation sites (tertiary alicyclic amines) is 1. The Morgan fingerprint density at radius 2 is 2.23 bits per heavy atom. The van der Waals surface area contributed by atoms with Gasteiger partial charge in [-0.1, -0.05) is 13.3 Å². The van der Waals surface area contributed by atoms with Gasteiger partial charge in [-0.3, -0.25) is 4.90 Å². The zero-order chi connectivity index (χ0) is 9.90. The van der Waals surface area contributed by atoms with Crippen molar-refractivity contribution in [3.63, 3.8) is 0 Å². The summed E-state index contributed by atoms with van der Waals surface area (Å²) in [5.74, 6) is 0. The van der Waals surface area contributed by atoms with Gasteiger partial charge in [0.25, 0.3) is 0 Å². The largest absolute Gasteiger partial charge is 0.283 e. The van der Waals surface area contributed by atoms with Crippen molar-refractivity contribution in [3.05, 3.63) is 0 Å². The number of nitriles is 1. The molecule has 13 heavy (non-hydrogen) atoms. The summed E-state index contributed by atoms with van der Waals surface area (Å²) >= 11 is 0. The van der Waals surface area contributed by atoms with Crippen LogP contribution in [0.15, 0.2) is 0 Å². The van der Waals surface area contributed by atoms with Crippen molar-refractivity contribution >= 4 is 0 Å². The summed E-state index contributed by atoms with van der Waals surface area (Å²) in [6.07, 6.45) is 4.63. The van der Waals surface area contributed by atoms with Gasteiger partial charge >= 0.3 is 0 Å². The molecule has 0 radical (unpaired) electrons. The average molecular weight is 180 g/mol. The van der Waals surface area contributed by atoms with Crippen LogP contribution in [0.1, 0.15) is 46.5 Å². The van der Waals surface area contributed by atoms with Crippen molar-refractivity contribution in [3.8, 4) is 6.07 Å². The van der Waals surface area contributed by atoms with Gasteiger partial charge in [-0.2, -0.15) is 5.26 Å². The molecule has 1 fully saturated rings. The van der Waals surface area contributed by atoms with E-state index in [1.54, 1.807) is 0 Å². The summed E-state index contributed by atoms with van der Waals surface area (Å²) in [5, 5.41) is 8.98. The van der Waals surface area contributed by atoms with Crippen molar-refractivity contribution in [1.82, 2.24) is 4.90 Å². The highest BCUT2D eigenvalue weighted by molar-refractivity contribution is 5.01. The number of rotatable bonds is 3. The van der Waals surface area contributed by atoms with Crippen LogP contribution in [-0.2, 0) is 0 Å². The third-order valence-electron chi connectivity index (χ3n) is 3.04. The molecule has 1 atom stereocenters. The molecule has 0 spiro atoms. The van der Waals surface area contributed by atoms with Gasteiger partial charge in [0.1, 0.15) is 0 Å². The first kappa shape index (κ1) is 10.5. The quantitative estimate of drug-likeness (QED) is 0.667. The Kier molecular flexibility index (Phi) is 3.33. The Balaban J connectivity index is 2.64. The zero-order valence-electron chi connectivity index (χ0n) is 9.01. The second kappa shape index (κ2) is 4.11. The Bertz CT molecular complexity index is 203. The standard InChI is InChI=1S/C11H20N2/c1-4-7-11(2,3)13-8-5-6-10(13)9-12/h10H,4-8H2,1-3H3. The van der Waals surface area contributed by atoms with E-state index in [2.05, 4.69) is 31.7 Å². The Morgan fingerprint density at radius 3 is 2.77 bits per heavy atom. The normalized spacial score (nSPS) is 24.6. The molecule has 0 aromatic carbocycles. The molecule has 1 aliphatic heterocycles. The lowest BCUT2D eigenvalue weighted by atomic mass is 9.96. The van der Waals surface area contributed by atoms with Crippen LogP contribution in [0.5, 0.6) is 0 Å².